The molecule has 0 saturated carbocycles. The topological polar surface area (TPSA) is 83.8 Å². The second-order valence-corrected chi connectivity index (χ2v) is 9.81. The van der Waals surface area contributed by atoms with E-state index in [-0.39, 0.29) is 4.90 Å². The average molecular weight is 487 g/mol. The summed E-state index contributed by atoms with van der Waals surface area (Å²) in [5.41, 5.74) is 6.75. The van der Waals surface area contributed by atoms with Crippen LogP contribution >= 0.6 is 0 Å². The van der Waals surface area contributed by atoms with Crippen LogP contribution < -0.4 is 9.73 Å². The number of hydrogen-bond donors (Lipinski definition) is 1. The Morgan fingerprint density at radius 2 is 1.49 bits per heavy atom. The first-order valence-corrected chi connectivity index (χ1v) is 12.5. The van der Waals surface area contributed by atoms with Gasteiger partial charge in [0.05, 0.1) is 16.8 Å². The summed E-state index contributed by atoms with van der Waals surface area (Å²) >= 11 is 0. The van der Waals surface area contributed by atoms with Crippen LogP contribution in [0.5, 0.6) is 0 Å². The zero-order valence-electron chi connectivity index (χ0n) is 19.5. The molecular weight excluding hydrogens is 460 g/mol. The summed E-state index contributed by atoms with van der Waals surface area (Å²) in [6.45, 7) is 3.57. The monoisotopic (exact) mass is 486 g/mol. The van der Waals surface area contributed by atoms with E-state index in [2.05, 4.69) is 15.1 Å². The summed E-state index contributed by atoms with van der Waals surface area (Å²) in [6.07, 6.45) is 1.57. The van der Waals surface area contributed by atoms with E-state index in [1.54, 1.807) is 54.7 Å². The number of carbonyl (C=O) groups is 1. The van der Waals surface area contributed by atoms with Gasteiger partial charge >= 0.3 is 0 Å². The normalized spacial score (nSPS) is 11.5. The molecule has 1 heterocycles. The Hall–Kier alpha value is -4.17. The first-order valence-electron chi connectivity index (χ1n) is 11.1. The number of rotatable bonds is 8. The second kappa shape index (κ2) is 10.4. The van der Waals surface area contributed by atoms with Gasteiger partial charge in [-0.05, 0) is 56.3 Å². The summed E-state index contributed by atoms with van der Waals surface area (Å²) in [5, 5.41) is 4.09. The van der Waals surface area contributed by atoms with Crippen molar-refractivity contribution in [1.82, 2.24) is 9.99 Å². The Kier molecular flexibility index (Phi) is 7.12. The molecule has 4 rings (SSSR count). The molecule has 0 radical (unpaired) electrons. The minimum atomic E-state index is -3.95. The van der Waals surface area contributed by atoms with Crippen LogP contribution in [0.1, 0.15) is 17.0 Å². The number of anilines is 1. The lowest BCUT2D eigenvalue weighted by molar-refractivity contribution is -0.119. The number of hydrazone groups is 1. The maximum atomic E-state index is 13.3. The molecule has 8 heteroatoms. The van der Waals surface area contributed by atoms with E-state index < -0.39 is 22.5 Å². The summed E-state index contributed by atoms with van der Waals surface area (Å²) < 4.78 is 29.8. The molecule has 0 aliphatic carbocycles. The molecule has 0 atom stereocenters. The molecule has 0 aliphatic heterocycles. The zero-order valence-corrected chi connectivity index (χ0v) is 20.3. The largest absolute Gasteiger partial charge is 0.318 e. The number of benzene rings is 3. The molecule has 1 amide bonds. The van der Waals surface area contributed by atoms with Crippen molar-refractivity contribution in [2.45, 2.75) is 18.7 Å². The van der Waals surface area contributed by atoms with Crippen LogP contribution in [-0.4, -0.2) is 31.7 Å². The smallest absolute Gasteiger partial charge is 0.264 e. The predicted octanol–water partition coefficient (Wildman–Crippen LogP) is 4.44. The van der Waals surface area contributed by atoms with Crippen molar-refractivity contribution < 1.29 is 13.2 Å². The Bertz CT molecular complexity index is 1430. The van der Waals surface area contributed by atoms with Gasteiger partial charge in [-0.3, -0.25) is 9.10 Å². The van der Waals surface area contributed by atoms with Crippen molar-refractivity contribution >= 4 is 27.8 Å². The molecule has 0 unspecified atom stereocenters. The fourth-order valence-electron chi connectivity index (χ4n) is 3.86. The number of nitrogens with one attached hydrogen (secondary N) is 1. The van der Waals surface area contributed by atoms with E-state index >= 15 is 0 Å². The third-order valence-corrected chi connectivity index (χ3v) is 7.33. The molecule has 3 aromatic carbocycles. The number of nitrogens with zero attached hydrogens (tertiary/aromatic N) is 3. The van der Waals surface area contributed by atoms with Crippen LogP contribution in [0.2, 0.25) is 0 Å². The van der Waals surface area contributed by atoms with Gasteiger partial charge in [0.15, 0.2) is 0 Å². The first-order chi connectivity index (χ1) is 16.9. The molecule has 0 saturated heterocycles. The van der Waals surface area contributed by atoms with Gasteiger partial charge in [-0.15, -0.1) is 0 Å². The number of aryl methyl sites for hydroxylation is 1. The highest BCUT2D eigenvalue weighted by atomic mass is 32.2. The van der Waals surface area contributed by atoms with E-state index in [0.29, 0.717) is 5.69 Å². The van der Waals surface area contributed by atoms with Crippen molar-refractivity contribution in [2.24, 2.45) is 5.10 Å². The maximum absolute atomic E-state index is 13.3. The number of aromatic nitrogens is 1. The van der Waals surface area contributed by atoms with Crippen LogP contribution in [0.25, 0.3) is 5.69 Å². The van der Waals surface area contributed by atoms with Crippen LogP contribution in [-0.2, 0) is 14.8 Å². The van der Waals surface area contributed by atoms with E-state index in [0.717, 1.165) is 26.9 Å². The lowest BCUT2D eigenvalue weighted by Gasteiger charge is -2.23. The van der Waals surface area contributed by atoms with Gasteiger partial charge in [-0.25, -0.2) is 13.8 Å². The molecule has 0 bridgehead atoms. The van der Waals surface area contributed by atoms with Crippen molar-refractivity contribution in [3.63, 3.8) is 0 Å². The van der Waals surface area contributed by atoms with Gasteiger partial charge < -0.3 is 4.57 Å². The third-order valence-electron chi connectivity index (χ3n) is 5.54. The highest BCUT2D eigenvalue weighted by molar-refractivity contribution is 7.92. The number of hydrogen-bond acceptors (Lipinski definition) is 4. The van der Waals surface area contributed by atoms with E-state index in [4.69, 9.17) is 0 Å². The number of carbonyl (C=O) groups excluding carboxylic acids is 1. The van der Waals surface area contributed by atoms with Gasteiger partial charge in [0, 0.05) is 22.6 Å². The molecule has 7 nitrogen and oxygen atoms in total. The minimum Gasteiger partial charge on any atom is -0.318 e. The number of para-hydroxylation sites is 2. The van der Waals surface area contributed by atoms with Gasteiger partial charge in [0.2, 0.25) is 0 Å². The highest BCUT2D eigenvalue weighted by Gasteiger charge is 2.26. The molecule has 0 aliphatic rings. The number of amides is 1. The lowest BCUT2D eigenvalue weighted by Crippen LogP contribution is -2.39. The Morgan fingerprint density at radius 3 is 2.11 bits per heavy atom. The van der Waals surface area contributed by atoms with E-state index in [9.17, 15) is 13.2 Å². The highest BCUT2D eigenvalue weighted by Crippen LogP contribution is 2.23. The molecule has 0 spiro atoms. The van der Waals surface area contributed by atoms with Gasteiger partial charge in [0.25, 0.3) is 15.9 Å². The number of sulfonamides is 1. The SMILES string of the molecule is Cc1cc(/C=N\NC(=O)CN(c2ccccc2)S(=O)(=O)c2ccccc2)c(C)n1-c1ccccc1. The van der Waals surface area contributed by atoms with Crippen LogP contribution in [0, 0.1) is 13.8 Å². The molecule has 1 aromatic heterocycles. The van der Waals surface area contributed by atoms with Crippen molar-refractivity contribution in [3.05, 3.63) is 114 Å². The molecular formula is C27H26N4O3S. The minimum absolute atomic E-state index is 0.105. The average Bonchev–Trinajstić information content (AvgIpc) is 3.16. The Balaban J connectivity index is 1.52. The van der Waals surface area contributed by atoms with Crippen molar-refractivity contribution in [2.75, 3.05) is 10.8 Å². The fourth-order valence-corrected chi connectivity index (χ4v) is 5.30. The van der Waals surface area contributed by atoms with E-state index in [1.807, 2.05) is 50.2 Å². The zero-order chi connectivity index (χ0) is 24.8. The molecule has 1 N–H and O–H groups in total. The van der Waals surface area contributed by atoms with Gasteiger partial charge in [-0.2, -0.15) is 5.10 Å². The molecule has 0 fully saturated rings. The second-order valence-electron chi connectivity index (χ2n) is 7.95. The molecule has 35 heavy (non-hydrogen) atoms. The molecule has 178 valence electrons. The van der Waals surface area contributed by atoms with Crippen LogP contribution in [0.4, 0.5) is 5.69 Å². The summed E-state index contributed by atoms with van der Waals surface area (Å²) in [4.78, 5) is 12.8. The van der Waals surface area contributed by atoms with Gasteiger partial charge in [0.1, 0.15) is 6.54 Å². The van der Waals surface area contributed by atoms with Crippen molar-refractivity contribution in [3.8, 4) is 5.69 Å². The van der Waals surface area contributed by atoms with Crippen LogP contribution in [0.3, 0.4) is 0 Å². The summed E-state index contributed by atoms with van der Waals surface area (Å²) in [5.74, 6) is -0.554. The summed E-state index contributed by atoms with van der Waals surface area (Å²) in [7, 11) is -3.95. The first kappa shape index (κ1) is 24.0. The lowest BCUT2D eigenvalue weighted by atomic mass is 10.2. The standard InChI is InChI=1S/C27H26N4O3S/c1-21-18-23(22(2)31(21)25-14-8-4-9-15-25)19-28-29-27(32)20-30(24-12-6-3-7-13-24)35(33,34)26-16-10-5-11-17-26/h3-19H,20H2,1-2H3,(H,29,32)/b28-19-. The van der Waals surface area contributed by atoms with Crippen molar-refractivity contribution in [1.29, 1.82) is 0 Å². The Labute approximate surface area is 205 Å². The quantitative estimate of drug-likeness (QED) is 0.295. The van der Waals surface area contributed by atoms with E-state index in [1.165, 1.54) is 12.1 Å². The van der Waals surface area contributed by atoms with Gasteiger partial charge in [-0.1, -0.05) is 54.6 Å². The third kappa shape index (κ3) is 5.33. The summed E-state index contributed by atoms with van der Waals surface area (Å²) in [6, 6.07) is 28.5. The molecule has 4 aromatic rings. The predicted molar refractivity (Wildman–Crippen MR) is 138 cm³/mol. The van der Waals surface area contributed by atoms with Crippen LogP contribution in [0.15, 0.2) is 107 Å². The Morgan fingerprint density at radius 1 is 0.914 bits per heavy atom. The maximum Gasteiger partial charge on any atom is 0.264 e. The fraction of sp³-hybridized carbons (Fsp3) is 0.111.